The predicted molar refractivity (Wildman–Crippen MR) is 135 cm³/mol. The summed E-state index contributed by atoms with van der Waals surface area (Å²) in [4.78, 5) is 35.0. The molecule has 0 N–H and O–H groups in total. The molecule has 0 saturated carbocycles. The number of thioether (sulfide) groups is 1. The van der Waals surface area contributed by atoms with Gasteiger partial charge in [-0.05, 0) is 42.9 Å². The number of fused-ring (bicyclic) bond motifs is 3. The highest BCUT2D eigenvalue weighted by molar-refractivity contribution is 7.99. The van der Waals surface area contributed by atoms with E-state index in [4.69, 9.17) is 10.2 Å². The van der Waals surface area contributed by atoms with Crippen molar-refractivity contribution in [2.75, 3.05) is 17.2 Å². The van der Waals surface area contributed by atoms with Crippen LogP contribution >= 0.6 is 23.1 Å². The zero-order chi connectivity index (χ0) is 23.4. The Morgan fingerprint density at radius 1 is 1.42 bits per heavy atom. The van der Waals surface area contributed by atoms with Crippen LogP contribution < -0.4 is 10.5 Å². The first kappa shape index (κ1) is 23.3. The van der Waals surface area contributed by atoms with Crippen molar-refractivity contribution in [2.24, 2.45) is 5.92 Å². The van der Waals surface area contributed by atoms with Crippen molar-refractivity contribution >= 4 is 44.9 Å². The van der Waals surface area contributed by atoms with E-state index in [1.165, 1.54) is 16.6 Å². The average Bonchev–Trinajstić information content (AvgIpc) is 3.18. The molecule has 33 heavy (non-hydrogen) atoms. The highest BCUT2D eigenvalue weighted by Gasteiger charge is 2.25. The van der Waals surface area contributed by atoms with Gasteiger partial charge in [0.25, 0.3) is 5.56 Å². The lowest BCUT2D eigenvalue weighted by molar-refractivity contribution is -0.116. The average molecular weight is 479 g/mol. The highest BCUT2D eigenvalue weighted by atomic mass is 32.2. The van der Waals surface area contributed by atoms with Gasteiger partial charge in [-0.1, -0.05) is 43.0 Å². The smallest absolute Gasteiger partial charge is 0.263 e. The number of carbonyl (C=O) groups is 1. The summed E-state index contributed by atoms with van der Waals surface area (Å²) in [5, 5.41) is 10.3. The Hall–Kier alpha value is -2.89. The van der Waals surface area contributed by atoms with E-state index >= 15 is 0 Å². The lowest BCUT2D eigenvalue weighted by Crippen LogP contribution is -2.33. The molecule has 170 valence electrons. The van der Waals surface area contributed by atoms with Crippen LogP contribution in [0.3, 0.4) is 0 Å². The molecule has 0 aliphatic heterocycles. The minimum absolute atomic E-state index is 0.0497. The minimum atomic E-state index is -0.125. The number of allylic oxidation sites excluding steroid dienone is 1. The van der Waals surface area contributed by atoms with Gasteiger partial charge in [-0.2, -0.15) is 5.26 Å². The van der Waals surface area contributed by atoms with Crippen LogP contribution in [0.5, 0.6) is 0 Å². The van der Waals surface area contributed by atoms with E-state index in [0.717, 1.165) is 40.7 Å². The molecule has 3 aromatic rings. The van der Waals surface area contributed by atoms with Crippen molar-refractivity contribution in [2.45, 2.75) is 44.3 Å². The molecular weight excluding hydrogens is 452 g/mol. The number of nitriles is 1. The molecule has 0 spiro atoms. The third-order valence-electron chi connectivity index (χ3n) is 5.83. The topological polar surface area (TPSA) is 79.0 Å². The Bertz CT molecular complexity index is 1270. The number of thiophene rings is 1. The molecule has 1 amide bonds. The lowest BCUT2D eigenvalue weighted by Gasteiger charge is -2.22. The summed E-state index contributed by atoms with van der Waals surface area (Å²) < 4.78 is 1.63. The number of benzene rings is 1. The van der Waals surface area contributed by atoms with Gasteiger partial charge in [0.15, 0.2) is 5.16 Å². The summed E-state index contributed by atoms with van der Waals surface area (Å²) in [6.45, 7) is 6.71. The monoisotopic (exact) mass is 478 g/mol. The number of aromatic nitrogens is 2. The van der Waals surface area contributed by atoms with E-state index in [1.807, 2.05) is 30.3 Å². The van der Waals surface area contributed by atoms with Crippen LogP contribution in [0.4, 0.5) is 5.69 Å². The summed E-state index contributed by atoms with van der Waals surface area (Å²) in [7, 11) is 0. The molecule has 0 fully saturated rings. The van der Waals surface area contributed by atoms with Crippen LogP contribution in [0.2, 0.25) is 0 Å². The molecule has 2 heterocycles. The van der Waals surface area contributed by atoms with Gasteiger partial charge in [-0.15, -0.1) is 17.9 Å². The molecule has 0 bridgehead atoms. The van der Waals surface area contributed by atoms with Crippen LogP contribution in [-0.4, -0.2) is 27.8 Å². The molecule has 6 nitrogen and oxygen atoms in total. The molecule has 1 aliphatic carbocycles. The highest BCUT2D eigenvalue weighted by Crippen LogP contribution is 2.36. The third-order valence-corrected chi connectivity index (χ3v) is 7.94. The molecule has 2 aromatic heterocycles. The quantitative estimate of drug-likeness (QED) is 0.264. The molecule has 0 unspecified atom stereocenters. The van der Waals surface area contributed by atoms with Gasteiger partial charge in [0.1, 0.15) is 4.83 Å². The molecule has 0 radical (unpaired) electrons. The molecule has 1 aromatic carbocycles. The number of rotatable bonds is 8. The standard InChI is InChI=1S/C25H26N4O2S2/c1-3-13-29-24(31)22-19-11-10-17(2)15-20(19)33-23(22)27-25(29)32-16-21(30)28(14-7-12-26)18-8-5-4-6-9-18/h3-6,8-9,17H,1,7,10-11,13-16H2,2H3/t17-/m1/s1. The van der Waals surface area contributed by atoms with Crippen LogP contribution in [-0.2, 0) is 24.2 Å². The fraction of sp³-hybridized carbons (Fsp3) is 0.360. The van der Waals surface area contributed by atoms with Crippen LogP contribution in [0.15, 0.2) is 52.9 Å². The van der Waals surface area contributed by atoms with Gasteiger partial charge in [0.2, 0.25) is 5.91 Å². The van der Waals surface area contributed by atoms with Crippen molar-refractivity contribution in [3.8, 4) is 6.07 Å². The van der Waals surface area contributed by atoms with E-state index in [9.17, 15) is 9.59 Å². The predicted octanol–water partition coefficient (Wildman–Crippen LogP) is 4.81. The fourth-order valence-electron chi connectivity index (χ4n) is 4.18. The van der Waals surface area contributed by atoms with Gasteiger partial charge in [0.05, 0.1) is 23.6 Å². The first-order chi connectivity index (χ1) is 16.0. The Labute approximate surface area is 201 Å². The van der Waals surface area contributed by atoms with Crippen molar-refractivity contribution in [1.29, 1.82) is 5.26 Å². The number of nitrogens with zero attached hydrogens (tertiary/aromatic N) is 4. The second-order valence-corrected chi connectivity index (χ2v) is 10.2. The largest absolute Gasteiger partial charge is 0.311 e. The Morgan fingerprint density at radius 3 is 2.94 bits per heavy atom. The van der Waals surface area contributed by atoms with Crippen molar-refractivity contribution in [3.63, 3.8) is 0 Å². The molecule has 8 heteroatoms. The van der Waals surface area contributed by atoms with Gasteiger partial charge >= 0.3 is 0 Å². The Kier molecular flexibility index (Phi) is 7.31. The van der Waals surface area contributed by atoms with Gasteiger partial charge in [0, 0.05) is 23.7 Å². The Morgan fingerprint density at radius 2 is 2.21 bits per heavy atom. The summed E-state index contributed by atoms with van der Waals surface area (Å²) in [5.41, 5.74) is 1.86. The van der Waals surface area contributed by atoms with Gasteiger partial charge in [-0.25, -0.2) is 4.98 Å². The number of amides is 1. The first-order valence-corrected chi connectivity index (χ1v) is 12.8. The number of hydrogen-bond acceptors (Lipinski definition) is 6. The maximum Gasteiger partial charge on any atom is 0.263 e. The SMILES string of the molecule is C=CCn1c(SCC(=O)N(CCC#N)c2ccccc2)nc2sc3c(c2c1=O)CC[C@@H](C)C3. The maximum absolute atomic E-state index is 13.4. The zero-order valence-electron chi connectivity index (χ0n) is 18.6. The van der Waals surface area contributed by atoms with Crippen LogP contribution in [0.25, 0.3) is 10.2 Å². The molecule has 4 rings (SSSR count). The fourth-order valence-corrected chi connectivity index (χ4v) is 6.49. The van der Waals surface area contributed by atoms with E-state index in [-0.39, 0.29) is 23.6 Å². The summed E-state index contributed by atoms with van der Waals surface area (Å²) in [6, 6.07) is 11.4. The van der Waals surface area contributed by atoms with Gasteiger partial charge < -0.3 is 4.90 Å². The molecule has 1 atom stereocenters. The molecular formula is C25H26N4O2S2. The molecule has 0 saturated heterocycles. The van der Waals surface area contributed by atoms with Crippen molar-refractivity contribution in [1.82, 2.24) is 9.55 Å². The van der Waals surface area contributed by atoms with Crippen LogP contribution in [0, 0.1) is 17.2 Å². The minimum Gasteiger partial charge on any atom is -0.311 e. The molecule has 1 aliphatic rings. The summed E-state index contributed by atoms with van der Waals surface area (Å²) in [5.74, 6) is 0.613. The normalized spacial score (nSPS) is 15.1. The van der Waals surface area contributed by atoms with Gasteiger partial charge in [-0.3, -0.25) is 14.2 Å². The second-order valence-electron chi connectivity index (χ2n) is 8.21. The number of hydrogen-bond donors (Lipinski definition) is 0. The van der Waals surface area contributed by atoms with E-state index in [0.29, 0.717) is 24.2 Å². The second kappa shape index (κ2) is 10.4. The van der Waals surface area contributed by atoms with Crippen LogP contribution in [0.1, 0.15) is 30.2 Å². The van der Waals surface area contributed by atoms with E-state index in [2.05, 4.69) is 19.6 Å². The summed E-state index contributed by atoms with van der Waals surface area (Å²) >= 11 is 2.88. The van der Waals surface area contributed by atoms with E-state index in [1.54, 1.807) is 26.9 Å². The third kappa shape index (κ3) is 4.90. The first-order valence-electron chi connectivity index (χ1n) is 11.0. The summed E-state index contributed by atoms with van der Waals surface area (Å²) in [6.07, 6.45) is 4.92. The van der Waals surface area contributed by atoms with E-state index < -0.39 is 0 Å². The number of anilines is 1. The van der Waals surface area contributed by atoms with Crippen molar-refractivity contribution in [3.05, 3.63) is 63.8 Å². The Balaban J connectivity index is 1.64. The number of aryl methyl sites for hydroxylation is 1. The number of carbonyl (C=O) groups excluding carboxylic acids is 1. The maximum atomic E-state index is 13.4. The lowest BCUT2D eigenvalue weighted by atomic mass is 9.89. The zero-order valence-corrected chi connectivity index (χ0v) is 20.3. The number of para-hydroxylation sites is 1. The van der Waals surface area contributed by atoms with Crippen molar-refractivity contribution < 1.29 is 4.79 Å².